The number of esters is 1. The average molecular weight is 356 g/mol. The van der Waals surface area contributed by atoms with E-state index in [1.165, 1.54) is 36.7 Å². The first-order chi connectivity index (χ1) is 11.1. The third-order valence-electron chi connectivity index (χ3n) is 4.49. The quantitative estimate of drug-likeness (QED) is 0.815. The molecule has 1 atom stereocenters. The summed E-state index contributed by atoms with van der Waals surface area (Å²) >= 11 is 0. The van der Waals surface area contributed by atoms with Gasteiger partial charge in [-0.1, -0.05) is 13.8 Å². The predicted octanol–water partition coefficient (Wildman–Crippen LogP) is 1.23. The van der Waals surface area contributed by atoms with Gasteiger partial charge < -0.3 is 15.2 Å². The van der Waals surface area contributed by atoms with Crippen molar-refractivity contribution in [3.05, 3.63) is 23.8 Å². The molecule has 0 amide bonds. The van der Waals surface area contributed by atoms with Crippen molar-refractivity contribution in [2.24, 2.45) is 11.1 Å². The molecule has 24 heavy (non-hydrogen) atoms. The van der Waals surface area contributed by atoms with Gasteiger partial charge in [0.1, 0.15) is 11.3 Å². The fraction of sp³-hybridized carbons (Fsp3) is 0.562. The van der Waals surface area contributed by atoms with E-state index in [1.807, 2.05) is 13.8 Å². The van der Waals surface area contributed by atoms with Crippen LogP contribution in [-0.4, -0.2) is 52.0 Å². The van der Waals surface area contributed by atoms with Gasteiger partial charge in [0.2, 0.25) is 10.0 Å². The van der Waals surface area contributed by atoms with Crippen molar-refractivity contribution in [1.82, 2.24) is 4.31 Å². The highest BCUT2D eigenvalue weighted by Crippen LogP contribution is 2.32. The minimum atomic E-state index is -3.69. The maximum atomic E-state index is 12.9. The Kier molecular flexibility index (Phi) is 5.22. The number of sulfonamides is 1. The fourth-order valence-electron chi connectivity index (χ4n) is 2.79. The highest BCUT2D eigenvalue weighted by Gasteiger charge is 2.39. The molecular weight excluding hydrogens is 332 g/mol. The first-order valence-corrected chi connectivity index (χ1v) is 9.09. The number of nitrogens with two attached hydrogens (primary N) is 1. The Labute approximate surface area is 142 Å². The second-order valence-corrected chi connectivity index (χ2v) is 8.51. The molecule has 134 valence electrons. The summed E-state index contributed by atoms with van der Waals surface area (Å²) in [7, 11) is -1.06. The lowest BCUT2D eigenvalue weighted by atomic mass is 9.81. The van der Waals surface area contributed by atoms with E-state index in [9.17, 15) is 13.2 Å². The minimum Gasteiger partial charge on any atom is -0.496 e. The fourth-order valence-corrected chi connectivity index (χ4v) is 4.43. The van der Waals surface area contributed by atoms with Crippen LogP contribution < -0.4 is 10.5 Å². The number of hydrogen-bond donors (Lipinski definition) is 1. The molecule has 1 aliphatic heterocycles. The smallest absolute Gasteiger partial charge is 0.341 e. The maximum absolute atomic E-state index is 12.9. The monoisotopic (exact) mass is 356 g/mol. The van der Waals surface area contributed by atoms with Crippen molar-refractivity contribution in [3.63, 3.8) is 0 Å². The van der Waals surface area contributed by atoms with Crippen molar-refractivity contribution in [2.75, 3.05) is 27.3 Å². The van der Waals surface area contributed by atoms with Gasteiger partial charge in [-0.3, -0.25) is 0 Å². The number of hydrogen-bond acceptors (Lipinski definition) is 6. The Balaban J connectivity index is 2.38. The van der Waals surface area contributed by atoms with Gasteiger partial charge in [-0.25, -0.2) is 13.2 Å². The van der Waals surface area contributed by atoms with Crippen LogP contribution in [0.15, 0.2) is 23.1 Å². The lowest BCUT2D eigenvalue weighted by molar-refractivity contribution is 0.0597. The topological polar surface area (TPSA) is 98.9 Å². The molecule has 2 rings (SSSR count). The summed E-state index contributed by atoms with van der Waals surface area (Å²) in [6.07, 6.45) is 0.601. The van der Waals surface area contributed by atoms with Gasteiger partial charge in [0.25, 0.3) is 0 Å². The van der Waals surface area contributed by atoms with Crippen molar-refractivity contribution in [3.8, 4) is 5.75 Å². The summed E-state index contributed by atoms with van der Waals surface area (Å²) < 4.78 is 37.1. The number of carbonyl (C=O) groups excluding carboxylic acids is 1. The molecule has 1 aliphatic rings. The molecule has 1 heterocycles. The van der Waals surface area contributed by atoms with Crippen LogP contribution in [0, 0.1) is 5.41 Å². The predicted molar refractivity (Wildman–Crippen MR) is 89.5 cm³/mol. The largest absolute Gasteiger partial charge is 0.496 e. The van der Waals surface area contributed by atoms with E-state index < -0.39 is 16.0 Å². The van der Waals surface area contributed by atoms with Crippen molar-refractivity contribution >= 4 is 16.0 Å². The van der Waals surface area contributed by atoms with Crippen LogP contribution in [0.25, 0.3) is 0 Å². The molecule has 7 nitrogen and oxygen atoms in total. The second-order valence-electron chi connectivity index (χ2n) is 6.58. The summed E-state index contributed by atoms with van der Waals surface area (Å²) in [6, 6.07) is 4.10. The zero-order valence-corrected chi connectivity index (χ0v) is 15.2. The van der Waals surface area contributed by atoms with E-state index in [0.29, 0.717) is 19.5 Å². The summed E-state index contributed by atoms with van der Waals surface area (Å²) in [4.78, 5) is 11.8. The Morgan fingerprint density at radius 1 is 1.33 bits per heavy atom. The van der Waals surface area contributed by atoms with E-state index in [2.05, 4.69) is 4.74 Å². The molecule has 1 saturated heterocycles. The van der Waals surface area contributed by atoms with E-state index >= 15 is 0 Å². The third kappa shape index (κ3) is 3.40. The standard InChI is InChI=1S/C16H24N2O5S/c1-16(2)10-18(8-7-14(16)17)24(20,21)11-5-6-12(15(19)23-4)13(9-11)22-3/h5-6,9,14H,7-8,10,17H2,1-4H3. The van der Waals surface area contributed by atoms with Crippen molar-refractivity contribution in [1.29, 1.82) is 0 Å². The molecule has 2 N–H and O–H groups in total. The molecule has 1 aromatic rings. The molecular formula is C16H24N2O5S. The molecule has 1 unspecified atom stereocenters. The third-order valence-corrected chi connectivity index (χ3v) is 6.33. The van der Waals surface area contributed by atoms with Crippen LogP contribution in [0.4, 0.5) is 0 Å². The molecule has 0 aromatic heterocycles. The summed E-state index contributed by atoms with van der Waals surface area (Å²) in [5, 5.41) is 0. The van der Waals surface area contributed by atoms with Crippen LogP contribution in [0.5, 0.6) is 5.75 Å². The molecule has 0 radical (unpaired) electrons. The Morgan fingerprint density at radius 3 is 2.54 bits per heavy atom. The van der Waals surface area contributed by atoms with E-state index in [1.54, 1.807) is 0 Å². The van der Waals surface area contributed by atoms with Crippen LogP contribution in [0.2, 0.25) is 0 Å². The lowest BCUT2D eigenvalue weighted by Crippen LogP contribution is -2.53. The van der Waals surface area contributed by atoms with Crippen molar-refractivity contribution < 1.29 is 22.7 Å². The highest BCUT2D eigenvalue weighted by atomic mass is 32.2. The number of rotatable bonds is 4. The zero-order chi connectivity index (χ0) is 18.1. The normalized spacial score (nSPS) is 21.3. The highest BCUT2D eigenvalue weighted by molar-refractivity contribution is 7.89. The molecule has 0 bridgehead atoms. The van der Waals surface area contributed by atoms with Gasteiger partial charge >= 0.3 is 5.97 Å². The molecule has 0 saturated carbocycles. The minimum absolute atomic E-state index is 0.0415. The van der Waals surface area contributed by atoms with Crippen LogP contribution in [0.3, 0.4) is 0 Å². The summed E-state index contributed by atoms with van der Waals surface area (Å²) in [6.45, 7) is 4.63. The molecule has 0 spiro atoms. The number of nitrogens with zero attached hydrogens (tertiary/aromatic N) is 1. The SMILES string of the molecule is COC(=O)c1ccc(S(=O)(=O)N2CCC(N)C(C)(C)C2)cc1OC. The summed E-state index contributed by atoms with van der Waals surface area (Å²) in [5.74, 6) is -0.420. The molecule has 1 aromatic carbocycles. The number of ether oxygens (including phenoxy) is 2. The average Bonchev–Trinajstić information content (AvgIpc) is 2.55. The van der Waals surface area contributed by atoms with Crippen molar-refractivity contribution in [2.45, 2.75) is 31.2 Å². The number of benzene rings is 1. The van der Waals surface area contributed by atoms with Gasteiger partial charge in [0.15, 0.2) is 0 Å². The number of carbonyl (C=O) groups is 1. The molecule has 8 heteroatoms. The second kappa shape index (κ2) is 6.70. The van der Waals surface area contributed by atoms with Gasteiger partial charge in [-0.15, -0.1) is 0 Å². The molecule has 1 fully saturated rings. The van der Waals surface area contributed by atoms with Gasteiger partial charge in [0.05, 0.1) is 19.1 Å². The number of methoxy groups -OCH3 is 2. The summed E-state index contributed by atoms with van der Waals surface area (Å²) in [5.41, 5.74) is 5.95. The number of piperidine rings is 1. The van der Waals surface area contributed by atoms with E-state index in [4.69, 9.17) is 10.5 Å². The molecule has 0 aliphatic carbocycles. The van der Waals surface area contributed by atoms with Crippen LogP contribution in [0.1, 0.15) is 30.6 Å². The Hall–Kier alpha value is -1.64. The van der Waals surface area contributed by atoms with Gasteiger partial charge in [-0.2, -0.15) is 4.31 Å². The van der Waals surface area contributed by atoms with Gasteiger partial charge in [0, 0.05) is 25.2 Å². The van der Waals surface area contributed by atoms with Crippen LogP contribution in [-0.2, 0) is 14.8 Å². The van der Waals surface area contributed by atoms with E-state index in [0.717, 1.165) is 0 Å². The Morgan fingerprint density at radius 2 is 2.00 bits per heavy atom. The van der Waals surface area contributed by atoms with Gasteiger partial charge in [-0.05, 0) is 24.0 Å². The first-order valence-electron chi connectivity index (χ1n) is 7.65. The van der Waals surface area contributed by atoms with E-state index in [-0.39, 0.29) is 27.7 Å². The maximum Gasteiger partial charge on any atom is 0.341 e. The lowest BCUT2D eigenvalue weighted by Gasteiger charge is -2.41. The Bertz CT molecular complexity index is 730. The zero-order valence-electron chi connectivity index (χ0n) is 14.4. The first kappa shape index (κ1) is 18.7. The van der Waals surface area contributed by atoms with Crippen LogP contribution >= 0.6 is 0 Å².